The predicted octanol–water partition coefficient (Wildman–Crippen LogP) is 13.9. The van der Waals surface area contributed by atoms with E-state index in [4.69, 9.17) is 0 Å². The van der Waals surface area contributed by atoms with E-state index in [9.17, 15) is 0 Å². The van der Waals surface area contributed by atoms with Crippen LogP contribution in [0.15, 0.2) is 158 Å². The van der Waals surface area contributed by atoms with Crippen LogP contribution in [0.2, 0.25) is 0 Å². The number of rotatable bonds is 3. The number of fused-ring (bicyclic) bond motifs is 7. The monoisotopic (exact) mass is 684 g/mol. The first-order chi connectivity index (χ1) is 25.6. The van der Waals surface area contributed by atoms with Crippen LogP contribution in [0, 0.1) is 0 Å². The summed E-state index contributed by atoms with van der Waals surface area (Å²) in [6.07, 6.45) is 0. The Kier molecular flexibility index (Phi) is 6.65. The second-order valence-corrected chi connectivity index (χ2v) is 16.7. The molecule has 0 saturated heterocycles. The zero-order chi connectivity index (χ0) is 36.3. The molecule has 10 rings (SSSR count). The maximum Gasteiger partial charge on any atom is 0.0506 e. The lowest BCUT2D eigenvalue weighted by Gasteiger charge is -2.43. The highest BCUT2D eigenvalue weighted by molar-refractivity contribution is 5.92. The molecule has 7 aromatic carbocycles. The molecule has 2 aliphatic heterocycles. The zero-order valence-corrected chi connectivity index (χ0v) is 31.4. The number of para-hydroxylation sites is 3. The Morgan fingerprint density at radius 3 is 1.43 bits per heavy atom. The average molecular weight is 685 g/mol. The van der Waals surface area contributed by atoms with Gasteiger partial charge < -0.3 is 9.80 Å². The van der Waals surface area contributed by atoms with Crippen LogP contribution >= 0.6 is 0 Å². The Morgan fingerprint density at radius 1 is 0.302 bits per heavy atom. The molecule has 0 unspecified atom stereocenters. The van der Waals surface area contributed by atoms with Gasteiger partial charge in [-0.1, -0.05) is 139 Å². The van der Waals surface area contributed by atoms with Gasteiger partial charge in [-0.3, -0.25) is 0 Å². The number of hydrogen-bond acceptors (Lipinski definition) is 2. The van der Waals surface area contributed by atoms with E-state index in [-0.39, 0.29) is 16.2 Å². The van der Waals surface area contributed by atoms with Crippen molar-refractivity contribution in [2.24, 2.45) is 0 Å². The van der Waals surface area contributed by atoms with Crippen LogP contribution in [-0.2, 0) is 16.2 Å². The van der Waals surface area contributed by atoms with Crippen LogP contribution in [0.25, 0.3) is 22.3 Å². The van der Waals surface area contributed by atoms with E-state index in [0.29, 0.717) is 0 Å². The SMILES string of the molecule is CC1(C)c2ccccc2-c2cc3c(cc21)N(c1ccc(-c2ccc4c(c2)C(C)(C)c2ccccc2N4c2ccccc2)cc1)c1ccccc1C3(C)C. The normalized spacial score (nSPS) is 16.5. The number of anilines is 6. The highest BCUT2D eigenvalue weighted by Crippen LogP contribution is 2.58. The Balaban J connectivity index is 1.09. The Hall–Kier alpha value is -5.86. The van der Waals surface area contributed by atoms with Crippen molar-refractivity contribution in [1.29, 1.82) is 0 Å². The lowest BCUT2D eigenvalue weighted by atomic mass is 9.71. The van der Waals surface area contributed by atoms with Crippen molar-refractivity contribution in [3.8, 4) is 22.3 Å². The van der Waals surface area contributed by atoms with Gasteiger partial charge in [-0.2, -0.15) is 0 Å². The van der Waals surface area contributed by atoms with Gasteiger partial charge in [0.15, 0.2) is 0 Å². The zero-order valence-electron chi connectivity index (χ0n) is 31.4. The van der Waals surface area contributed by atoms with E-state index in [0.717, 1.165) is 0 Å². The topological polar surface area (TPSA) is 6.48 Å². The minimum Gasteiger partial charge on any atom is -0.310 e. The smallest absolute Gasteiger partial charge is 0.0506 e. The summed E-state index contributed by atoms with van der Waals surface area (Å²) in [5.41, 5.74) is 20.4. The van der Waals surface area contributed by atoms with Gasteiger partial charge in [0, 0.05) is 27.6 Å². The Morgan fingerprint density at radius 2 is 0.774 bits per heavy atom. The summed E-state index contributed by atoms with van der Waals surface area (Å²) < 4.78 is 0. The molecular weight excluding hydrogens is 641 g/mol. The number of hydrogen-bond donors (Lipinski definition) is 0. The maximum absolute atomic E-state index is 2.50. The van der Waals surface area contributed by atoms with Gasteiger partial charge in [0.25, 0.3) is 0 Å². The second-order valence-electron chi connectivity index (χ2n) is 16.7. The molecule has 2 nitrogen and oxygen atoms in total. The molecule has 0 N–H and O–H groups in total. The second kappa shape index (κ2) is 11.1. The first-order valence-electron chi connectivity index (χ1n) is 18.9. The molecule has 0 saturated carbocycles. The van der Waals surface area contributed by atoms with Crippen molar-refractivity contribution >= 4 is 34.1 Å². The summed E-state index contributed by atoms with van der Waals surface area (Å²) in [5, 5.41) is 0. The quantitative estimate of drug-likeness (QED) is 0.183. The lowest BCUT2D eigenvalue weighted by Crippen LogP contribution is -2.31. The Labute approximate surface area is 314 Å². The molecule has 0 amide bonds. The summed E-state index contributed by atoms with van der Waals surface area (Å²) in [4.78, 5) is 4.93. The maximum atomic E-state index is 2.50. The van der Waals surface area contributed by atoms with Gasteiger partial charge in [0.1, 0.15) is 0 Å². The molecule has 7 aromatic rings. The third-order valence-electron chi connectivity index (χ3n) is 12.6. The van der Waals surface area contributed by atoms with Crippen molar-refractivity contribution in [3.05, 3.63) is 191 Å². The number of benzene rings is 7. The molecule has 0 bridgehead atoms. The lowest BCUT2D eigenvalue weighted by molar-refractivity contribution is 0.627. The fraction of sp³-hybridized carbons (Fsp3) is 0.176. The van der Waals surface area contributed by atoms with E-state index in [2.05, 4.69) is 209 Å². The van der Waals surface area contributed by atoms with Crippen LogP contribution in [0.4, 0.5) is 34.1 Å². The van der Waals surface area contributed by atoms with Crippen LogP contribution in [0.1, 0.15) is 74.9 Å². The minimum absolute atomic E-state index is 0.0750. The first-order valence-corrected chi connectivity index (χ1v) is 18.9. The number of nitrogens with zero attached hydrogens (tertiary/aromatic N) is 2. The van der Waals surface area contributed by atoms with Crippen molar-refractivity contribution in [2.45, 2.75) is 57.8 Å². The van der Waals surface area contributed by atoms with E-state index in [1.54, 1.807) is 0 Å². The van der Waals surface area contributed by atoms with E-state index in [1.807, 2.05) is 0 Å². The van der Waals surface area contributed by atoms with Gasteiger partial charge in [-0.15, -0.1) is 0 Å². The molecular formula is C51H44N2. The summed E-state index contributed by atoms with van der Waals surface area (Å²) in [7, 11) is 0. The predicted molar refractivity (Wildman–Crippen MR) is 223 cm³/mol. The molecule has 2 heterocycles. The molecule has 3 aliphatic rings. The summed E-state index contributed by atoms with van der Waals surface area (Å²) in [6.45, 7) is 14.3. The van der Waals surface area contributed by atoms with Crippen molar-refractivity contribution in [2.75, 3.05) is 9.80 Å². The molecule has 53 heavy (non-hydrogen) atoms. The van der Waals surface area contributed by atoms with Crippen LogP contribution in [0.3, 0.4) is 0 Å². The van der Waals surface area contributed by atoms with Crippen molar-refractivity contribution < 1.29 is 0 Å². The average Bonchev–Trinajstić information content (AvgIpc) is 3.40. The first kappa shape index (κ1) is 31.8. The van der Waals surface area contributed by atoms with Crippen molar-refractivity contribution in [1.82, 2.24) is 0 Å². The van der Waals surface area contributed by atoms with Gasteiger partial charge >= 0.3 is 0 Å². The van der Waals surface area contributed by atoms with Gasteiger partial charge in [0.2, 0.25) is 0 Å². The standard InChI is InChI=1S/C51H44N2/c1-49(2)39-19-11-10-18-37(39)38-31-44-48(32-42(38)49)53(46-23-15-13-21-41(46)51(44,5)6)36-27-24-33(25-28-36)34-26-29-47-43(30-34)50(3,4)40-20-12-14-22-45(40)52(47)35-16-8-7-9-17-35/h7-32H,1-6H3. The molecule has 0 fully saturated rings. The molecule has 0 atom stereocenters. The largest absolute Gasteiger partial charge is 0.310 e. The van der Waals surface area contributed by atoms with Gasteiger partial charge in [-0.25, -0.2) is 0 Å². The molecule has 1 aliphatic carbocycles. The molecule has 258 valence electrons. The van der Waals surface area contributed by atoms with E-state index >= 15 is 0 Å². The minimum atomic E-state index is -0.158. The van der Waals surface area contributed by atoms with Gasteiger partial charge in [-0.05, 0) is 116 Å². The van der Waals surface area contributed by atoms with Gasteiger partial charge in [0.05, 0.1) is 22.7 Å². The molecule has 0 aromatic heterocycles. The Bertz CT molecular complexity index is 2590. The highest BCUT2D eigenvalue weighted by atomic mass is 15.2. The molecule has 2 heteroatoms. The summed E-state index contributed by atoms with van der Waals surface area (Å²) in [5.74, 6) is 0. The fourth-order valence-electron chi connectivity index (χ4n) is 9.71. The summed E-state index contributed by atoms with van der Waals surface area (Å²) >= 11 is 0. The third kappa shape index (κ3) is 4.45. The van der Waals surface area contributed by atoms with Crippen molar-refractivity contribution in [3.63, 3.8) is 0 Å². The van der Waals surface area contributed by atoms with Crippen LogP contribution in [-0.4, -0.2) is 0 Å². The van der Waals surface area contributed by atoms with Crippen LogP contribution in [0.5, 0.6) is 0 Å². The van der Waals surface area contributed by atoms with Crippen LogP contribution < -0.4 is 9.80 Å². The fourth-order valence-corrected chi connectivity index (χ4v) is 9.71. The molecule has 0 spiro atoms. The summed E-state index contributed by atoms with van der Waals surface area (Å²) in [6, 6.07) is 58.9. The third-order valence-corrected chi connectivity index (χ3v) is 12.6. The van der Waals surface area contributed by atoms with E-state index < -0.39 is 0 Å². The van der Waals surface area contributed by atoms with E-state index in [1.165, 1.54) is 89.8 Å². The highest BCUT2D eigenvalue weighted by Gasteiger charge is 2.42. The molecule has 0 radical (unpaired) electrons.